The zero-order valence-electron chi connectivity index (χ0n) is 12.5. The van der Waals surface area contributed by atoms with Crippen LogP contribution >= 0.6 is 0 Å². The van der Waals surface area contributed by atoms with Gasteiger partial charge in [-0.1, -0.05) is 13.8 Å². The van der Waals surface area contributed by atoms with Crippen molar-refractivity contribution in [2.24, 2.45) is 17.3 Å². The van der Waals surface area contributed by atoms with Gasteiger partial charge >= 0.3 is 0 Å². The molecule has 0 spiro atoms. The highest BCUT2D eigenvalue weighted by Gasteiger charge is 2.51. The van der Waals surface area contributed by atoms with Crippen molar-refractivity contribution in [2.45, 2.75) is 58.1 Å². The van der Waals surface area contributed by atoms with Gasteiger partial charge in [-0.2, -0.15) is 0 Å². The van der Waals surface area contributed by atoms with Crippen molar-refractivity contribution in [3.8, 4) is 0 Å². The van der Waals surface area contributed by atoms with Crippen molar-refractivity contribution in [1.82, 2.24) is 5.32 Å². The highest BCUT2D eigenvalue weighted by atomic mass is 16.5. The first-order chi connectivity index (χ1) is 9.20. The minimum Gasteiger partial charge on any atom is -0.380 e. The number of nitrogens with one attached hydrogen (secondary N) is 1. The monoisotopic (exact) mass is 267 g/mol. The average Bonchev–Trinajstić information content (AvgIpc) is 3.28. The second kappa shape index (κ2) is 5.71. The molecule has 3 rings (SSSR count). The lowest BCUT2D eigenvalue weighted by Crippen LogP contribution is -2.47. The van der Waals surface area contributed by atoms with E-state index in [-0.39, 0.29) is 5.41 Å². The summed E-state index contributed by atoms with van der Waals surface area (Å²) in [5.41, 5.74) is 0.236. The maximum atomic E-state index is 6.08. The first-order valence-corrected chi connectivity index (χ1v) is 8.12. The molecule has 0 aromatic heterocycles. The topological polar surface area (TPSA) is 30.5 Å². The minimum absolute atomic E-state index is 0.236. The molecule has 1 heterocycles. The molecule has 3 heteroatoms. The van der Waals surface area contributed by atoms with E-state index < -0.39 is 0 Å². The van der Waals surface area contributed by atoms with Gasteiger partial charge in [0.05, 0.1) is 12.7 Å². The predicted octanol–water partition coefficient (Wildman–Crippen LogP) is 2.60. The molecule has 3 aliphatic rings. The van der Waals surface area contributed by atoms with Crippen LogP contribution in [0.5, 0.6) is 0 Å². The quantitative estimate of drug-likeness (QED) is 0.733. The van der Waals surface area contributed by atoms with Gasteiger partial charge in [-0.25, -0.2) is 0 Å². The lowest BCUT2D eigenvalue weighted by atomic mass is 9.79. The molecule has 1 saturated heterocycles. The molecule has 0 aromatic carbocycles. The first kappa shape index (κ1) is 13.8. The zero-order chi connectivity index (χ0) is 13.3. The van der Waals surface area contributed by atoms with Crippen molar-refractivity contribution in [3.63, 3.8) is 0 Å². The number of hydrogen-bond donors (Lipinski definition) is 1. The summed E-state index contributed by atoms with van der Waals surface area (Å²) in [4.78, 5) is 0. The Bertz CT molecular complexity index is 299. The normalized spacial score (nSPS) is 35.2. The van der Waals surface area contributed by atoms with Crippen molar-refractivity contribution < 1.29 is 9.47 Å². The zero-order valence-corrected chi connectivity index (χ0v) is 12.5. The van der Waals surface area contributed by atoms with Gasteiger partial charge in [0.2, 0.25) is 0 Å². The molecule has 0 aromatic rings. The van der Waals surface area contributed by atoms with Gasteiger partial charge < -0.3 is 14.8 Å². The van der Waals surface area contributed by atoms with Gasteiger partial charge in [0, 0.05) is 31.2 Å². The Hall–Kier alpha value is -0.120. The van der Waals surface area contributed by atoms with Crippen LogP contribution in [-0.2, 0) is 9.47 Å². The van der Waals surface area contributed by atoms with Crippen molar-refractivity contribution in [2.75, 3.05) is 26.4 Å². The molecule has 0 radical (unpaired) electrons. The van der Waals surface area contributed by atoms with Crippen molar-refractivity contribution >= 4 is 0 Å². The van der Waals surface area contributed by atoms with E-state index in [1.54, 1.807) is 0 Å². The molecule has 2 aliphatic carbocycles. The van der Waals surface area contributed by atoms with Crippen LogP contribution in [-0.4, -0.2) is 38.5 Å². The van der Waals surface area contributed by atoms with Gasteiger partial charge in [0.15, 0.2) is 0 Å². The van der Waals surface area contributed by atoms with E-state index in [1.165, 1.54) is 32.1 Å². The van der Waals surface area contributed by atoms with Gasteiger partial charge in [-0.3, -0.25) is 0 Å². The van der Waals surface area contributed by atoms with Crippen LogP contribution in [0.15, 0.2) is 0 Å². The van der Waals surface area contributed by atoms with Crippen LogP contribution in [0.1, 0.15) is 46.0 Å². The highest BCUT2D eigenvalue weighted by molar-refractivity contribution is 5.01. The summed E-state index contributed by atoms with van der Waals surface area (Å²) in [6.07, 6.45) is 7.07. The van der Waals surface area contributed by atoms with Crippen LogP contribution < -0.4 is 5.32 Å². The largest absolute Gasteiger partial charge is 0.380 e. The molecule has 19 heavy (non-hydrogen) atoms. The maximum absolute atomic E-state index is 6.08. The van der Waals surface area contributed by atoms with Crippen LogP contribution in [0.2, 0.25) is 0 Å². The average molecular weight is 267 g/mol. The predicted molar refractivity (Wildman–Crippen MR) is 76.2 cm³/mol. The van der Waals surface area contributed by atoms with E-state index >= 15 is 0 Å². The molecule has 2 unspecified atom stereocenters. The van der Waals surface area contributed by atoms with E-state index in [4.69, 9.17) is 9.47 Å². The molecule has 2 saturated carbocycles. The summed E-state index contributed by atoms with van der Waals surface area (Å²) in [5, 5.41) is 3.63. The lowest BCUT2D eigenvalue weighted by Gasteiger charge is -2.35. The maximum Gasteiger partial charge on any atom is 0.0694 e. The van der Waals surface area contributed by atoms with Crippen LogP contribution in [0.4, 0.5) is 0 Å². The summed E-state index contributed by atoms with van der Waals surface area (Å²) in [6.45, 7) is 8.29. The minimum atomic E-state index is 0.236. The SMILES string of the molecule is CC(C)NCC1(COCC2CC2)CCOC1C1CC1. The van der Waals surface area contributed by atoms with Crippen molar-refractivity contribution in [3.05, 3.63) is 0 Å². The summed E-state index contributed by atoms with van der Waals surface area (Å²) >= 11 is 0. The second-order valence-electron chi connectivity index (χ2n) is 7.24. The summed E-state index contributed by atoms with van der Waals surface area (Å²) in [6, 6.07) is 0.542. The third kappa shape index (κ3) is 3.50. The van der Waals surface area contributed by atoms with E-state index in [2.05, 4.69) is 19.2 Å². The van der Waals surface area contributed by atoms with Crippen LogP contribution in [0.25, 0.3) is 0 Å². The first-order valence-electron chi connectivity index (χ1n) is 8.12. The second-order valence-corrected chi connectivity index (χ2v) is 7.24. The molecule has 0 bridgehead atoms. The van der Waals surface area contributed by atoms with Gasteiger partial charge in [-0.05, 0) is 43.9 Å². The smallest absolute Gasteiger partial charge is 0.0694 e. The standard InChI is InChI=1S/C16H29NO2/c1-12(2)17-10-16(11-18-9-13-3-4-13)7-8-19-15(16)14-5-6-14/h12-15,17H,3-11H2,1-2H3. The van der Waals surface area contributed by atoms with Gasteiger partial charge in [-0.15, -0.1) is 0 Å². The molecule has 0 amide bonds. The van der Waals surface area contributed by atoms with Gasteiger partial charge in [0.1, 0.15) is 0 Å². The molecule has 2 atom stereocenters. The van der Waals surface area contributed by atoms with E-state index in [0.29, 0.717) is 12.1 Å². The fourth-order valence-corrected chi connectivity index (χ4v) is 3.26. The Kier molecular flexibility index (Phi) is 4.16. The summed E-state index contributed by atoms with van der Waals surface area (Å²) in [7, 11) is 0. The molecule has 3 fully saturated rings. The number of hydrogen-bond acceptors (Lipinski definition) is 3. The molecule has 110 valence electrons. The fraction of sp³-hybridized carbons (Fsp3) is 1.00. The molecule has 1 aliphatic heterocycles. The molecule has 3 nitrogen and oxygen atoms in total. The Labute approximate surface area is 117 Å². The van der Waals surface area contributed by atoms with Gasteiger partial charge in [0.25, 0.3) is 0 Å². The molecule has 1 N–H and O–H groups in total. The summed E-state index contributed by atoms with van der Waals surface area (Å²) in [5.74, 6) is 1.66. The lowest BCUT2D eigenvalue weighted by molar-refractivity contribution is -0.0280. The Balaban J connectivity index is 1.58. The van der Waals surface area contributed by atoms with Crippen LogP contribution in [0, 0.1) is 17.3 Å². The van der Waals surface area contributed by atoms with Crippen molar-refractivity contribution in [1.29, 1.82) is 0 Å². The Morgan fingerprint density at radius 2 is 2.05 bits per heavy atom. The fourth-order valence-electron chi connectivity index (χ4n) is 3.26. The van der Waals surface area contributed by atoms with Crippen LogP contribution in [0.3, 0.4) is 0 Å². The third-order valence-electron chi connectivity index (χ3n) is 4.85. The number of rotatable bonds is 8. The molecular formula is C16H29NO2. The van der Waals surface area contributed by atoms with E-state index in [9.17, 15) is 0 Å². The Morgan fingerprint density at radius 3 is 2.68 bits per heavy atom. The number of ether oxygens (including phenoxy) is 2. The van der Waals surface area contributed by atoms with E-state index in [0.717, 1.165) is 38.2 Å². The Morgan fingerprint density at radius 1 is 1.26 bits per heavy atom. The highest BCUT2D eigenvalue weighted by Crippen LogP contribution is 2.48. The summed E-state index contributed by atoms with van der Waals surface area (Å²) < 4.78 is 12.1. The third-order valence-corrected chi connectivity index (χ3v) is 4.85. The molecular weight excluding hydrogens is 238 g/mol. The van der Waals surface area contributed by atoms with E-state index in [1.807, 2.05) is 0 Å².